The van der Waals surface area contributed by atoms with Gasteiger partial charge in [0.1, 0.15) is 0 Å². The summed E-state index contributed by atoms with van der Waals surface area (Å²) in [4.78, 5) is 7.45. The van der Waals surface area contributed by atoms with Gasteiger partial charge in [-0.05, 0) is 51.6 Å². The molecule has 0 N–H and O–H groups in total. The standard InChI is InChI=1S/C50H32N4OS.Pt/c1-52-31-53(44-20-7-6-19-43(44)52)32-13-12-14-33(27-32)55-34-24-25-36-38-29-37-35-15-2-3-16-39(35)50(40-17-4-8-21-47(40)56-48-22-9-5-18-41(48)50)42(37)30-46(38)54(45(36)28-34)49-23-10-11-26-51-49;/h2-30H,1H3;/i1D3;. The average molecular weight is 935 g/mol. The number of pyridine rings is 1. The number of imidazole rings is 1. The van der Waals surface area contributed by atoms with Gasteiger partial charge in [0, 0.05) is 16.0 Å². The number of hydrogen-bond donors (Lipinski definition) is 0. The van der Waals surface area contributed by atoms with Crippen LogP contribution in [0.4, 0.5) is 0 Å². The van der Waals surface area contributed by atoms with Crippen molar-refractivity contribution in [1.29, 1.82) is 0 Å². The van der Waals surface area contributed by atoms with Crippen molar-refractivity contribution in [1.82, 2.24) is 18.7 Å². The molecule has 5 nitrogen and oxygen atoms in total. The third-order valence-electron chi connectivity index (χ3n) is 11.6. The molecule has 2 aliphatic rings. The predicted molar refractivity (Wildman–Crippen MR) is 226 cm³/mol. The molecule has 1 aliphatic heterocycles. The van der Waals surface area contributed by atoms with Crippen LogP contribution in [0, 0.1) is 3.80 Å². The maximum absolute atomic E-state index is 8.27. The molecule has 0 radical (unpaired) electrons. The molecule has 7 heteroatoms. The third kappa shape index (κ3) is 4.63. The van der Waals surface area contributed by atoms with Crippen LogP contribution in [0.2, 0.25) is 0 Å². The Labute approximate surface area is 348 Å². The van der Waals surface area contributed by atoms with Gasteiger partial charge in [-0.2, -0.15) is 0 Å². The summed E-state index contributed by atoms with van der Waals surface area (Å²) in [7, 11) is 0. The molecule has 4 heterocycles. The Hall–Kier alpha value is -6.20. The summed E-state index contributed by atoms with van der Waals surface area (Å²) in [5, 5.41) is 2.24. The van der Waals surface area contributed by atoms with Gasteiger partial charge in [0.05, 0.1) is 5.41 Å². The monoisotopic (exact) mass is 934 g/mol. The van der Waals surface area contributed by atoms with Crippen LogP contribution in [-0.2, 0) is 31.7 Å². The topological polar surface area (TPSA) is 36.9 Å². The Bertz CT molecular complexity index is 3430. The van der Waals surface area contributed by atoms with Crippen LogP contribution in [0.3, 0.4) is 0 Å². The Kier molecular flexibility index (Phi) is 6.53. The van der Waals surface area contributed by atoms with E-state index < -0.39 is 12.4 Å². The van der Waals surface area contributed by atoms with Crippen molar-refractivity contribution < 1.29 is 28.2 Å². The number of rotatable bonds is 4. The molecule has 0 unspecified atom stereocenters. The summed E-state index contributed by atoms with van der Waals surface area (Å²) >= 11 is 3.95. The second-order valence-corrected chi connectivity index (χ2v) is 16.6. The fourth-order valence-electron chi connectivity index (χ4n) is 9.32. The second kappa shape index (κ2) is 12.4. The molecule has 0 amide bonds. The van der Waals surface area contributed by atoms with Crippen LogP contribution in [-0.4, -0.2) is 18.7 Å². The Balaban J connectivity index is 1.06. The van der Waals surface area contributed by atoms with E-state index in [0.717, 1.165) is 38.8 Å². The van der Waals surface area contributed by atoms with Gasteiger partial charge in [-0.3, -0.25) is 0 Å². The Morgan fingerprint density at radius 3 is 2.05 bits per heavy atom. The van der Waals surface area contributed by atoms with Crippen molar-refractivity contribution in [2.45, 2.75) is 15.2 Å². The molecule has 1 spiro atoms. The van der Waals surface area contributed by atoms with Crippen LogP contribution in [0.5, 0.6) is 11.5 Å². The van der Waals surface area contributed by atoms with Gasteiger partial charge in [0.2, 0.25) is 0 Å². The van der Waals surface area contributed by atoms with E-state index >= 15 is 0 Å². The number of aryl methyl sites for hydroxylation is 1. The zero-order chi connectivity index (χ0) is 40.3. The first-order valence-electron chi connectivity index (χ1n) is 20.3. The van der Waals surface area contributed by atoms with Gasteiger partial charge in [0.25, 0.3) is 0 Å². The number of ether oxygens (including phenoxy) is 1. The minimum atomic E-state index is -2.34. The van der Waals surface area contributed by atoms with Crippen molar-refractivity contribution in [3.8, 4) is 34.1 Å². The molecule has 12 rings (SSSR count). The molecule has 10 aromatic rings. The summed E-state index contributed by atoms with van der Waals surface area (Å²) in [5.74, 6) is 2.12. The zero-order valence-electron chi connectivity index (χ0n) is 33.2. The van der Waals surface area contributed by atoms with Gasteiger partial charge in [-0.1, -0.05) is 78.5 Å². The maximum atomic E-state index is 8.27. The molecule has 57 heavy (non-hydrogen) atoms. The Morgan fingerprint density at radius 1 is 0.561 bits per heavy atom. The van der Waals surface area contributed by atoms with Crippen LogP contribution >= 0.6 is 11.8 Å². The number of nitrogens with zero attached hydrogens (tertiary/aromatic N) is 4. The van der Waals surface area contributed by atoms with Crippen LogP contribution in [0.1, 0.15) is 26.4 Å². The molecule has 0 saturated carbocycles. The minimum absolute atomic E-state index is 0.505. The fraction of sp³-hybridized carbons (Fsp3) is 0.0400. The molecule has 0 fully saturated rings. The van der Waals surface area contributed by atoms with E-state index in [9.17, 15) is 0 Å². The van der Waals surface area contributed by atoms with Gasteiger partial charge in [-0.15, -0.1) is 0 Å². The van der Waals surface area contributed by atoms with Crippen molar-refractivity contribution in [3.05, 3.63) is 202 Å². The van der Waals surface area contributed by atoms with Gasteiger partial charge >= 0.3 is 198 Å². The summed E-state index contributed by atoms with van der Waals surface area (Å²) in [5.41, 5.74) is 11.4. The summed E-state index contributed by atoms with van der Waals surface area (Å²) in [6, 6.07) is 59.2. The predicted octanol–water partition coefficient (Wildman–Crippen LogP) is 12.2. The summed E-state index contributed by atoms with van der Waals surface area (Å²) < 4.78 is 37.7. The normalized spacial score (nSPS) is 14.5. The van der Waals surface area contributed by atoms with Gasteiger partial charge in [0.15, 0.2) is 0 Å². The van der Waals surface area contributed by atoms with E-state index in [2.05, 4.69) is 127 Å². The first-order chi connectivity index (χ1) is 29.3. The van der Waals surface area contributed by atoms with E-state index in [1.807, 2.05) is 89.3 Å². The van der Waals surface area contributed by atoms with E-state index in [1.165, 1.54) is 47.7 Å². The van der Waals surface area contributed by atoms with Crippen LogP contribution in [0.25, 0.3) is 55.5 Å². The molecule has 0 atom stereocenters. The van der Waals surface area contributed by atoms with Crippen LogP contribution < -0.4 is 4.74 Å². The molecule has 0 saturated heterocycles. The summed E-state index contributed by atoms with van der Waals surface area (Å²) in [6.45, 7) is -2.34. The molecule has 274 valence electrons. The molecular weight excluding hydrogens is 900 g/mol. The number of fused-ring (bicyclic) bond motifs is 13. The average Bonchev–Trinajstić information content (AvgIpc) is 3.86. The van der Waals surface area contributed by atoms with Crippen LogP contribution in [0.15, 0.2) is 186 Å². The van der Waals surface area contributed by atoms with E-state index in [1.54, 1.807) is 0 Å². The molecule has 1 aliphatic carbocycles. The van der Waals surface area contributed by atoms with E-state index in [4.69, 9.17) is 13.8 Å². The first kappa shape index (κ1) is 30.0. The quantitative estimate of drug-likeness (QED) is 0.176. The molecule has 0 bridgehead atoms. The number of hydrogen-bond acceptors (Lipinski definition) is 3. The third-order valence-corrected chi connectivity index (χ3v) is 13.8. The van der Waals surface area contributed by atoms with Crippen molar-refractivity contribution in [3.63, 3.8) is 0 Å². The van der Waals surface area contributed by atoms with Gasteiger partial charge < -0.3 is 0 Å². The van der Waals surface area contributed by atoms with E-state index in [-0.39, 0.29) is 0 Å². The van der Waals surface area contributed by atoms with Gasteiger partial charge in [-0.25, -0.2) is 0 Å². The van der Waals surface area contributed by atoms with Crippen molar-refractivity contribution >= 4 is 44.6 Å². The fourth-order valence-corrected chi connectivity index (χ4v) is 11.4. The number of para-hydroxylation sites is 2. The molecular formula is C50H32N4OPtS. The molecule has 7 aromatic carbocycles. The summed E-state index contributed by atoms with van der Waals surface area (Å²) in [6.07, 6.45) is 1.84. The number of aromatic nitrogens is 4. The molecule has 3 aromatic heterocycles. The zero-order valence-corrected chi connectivity index (χ0v) is 33.3. The van der Waals surface area contributed by atoms with E-state index in [0.29, 0.717) is 20.8 Å². The SMILES string of the molecule is [2H]C([2H])([2H])n1[c](=[Pt])n(-c2cccc(Oc3ccc4c5cc6c(cc5n(-c5ccccn5)c4c3)C3(c4ccccc4Sc4ccccc43)c3ccccc3-6)c2)c2ccccc21. The van der Waals surface area contributed by atoms with Crippen molar-refractivity contribution in [2.24, 2.45) is 6.98 Å². The first-order valence-corrected chi connectivity index (χ1v) is 20.7. The number of benzene rings is 7. The second-order valence-electron chi connectivity index (χ2n) is 14.5. The van der Waals surface area contributed by atoms with Crippen molar-refractivity contribution in [2.75, 3.05) is 0 Å². The Morgan fingerprint density at radius 2 is 1.26 bits per heavy atom.